The molecule has 1 aliphatic carbocycles. The topological polar surface area (TPSA) is 3.24 Å². The molecule has 1 aliphatic heterocycles. The van der Waals surface area contributed by atoms with E-state index in [2.05, 4.69) is 25.9 Å². The molecule has 0 N–H and O–H groups in total. The third-order valence-electron chi connectivity index (χ3n) is 4.88. The average Bonchev–Trinajstić information content (AvgIpc) is 2.27. The molecule has 1 heterocycles. The third-order valence-corrected chi connectivity index (χ3v) is 4.88. The molecule has 0 amide bonds. The summed E-state index contributed by atoms with van der Waals surface area (Å²) in [6, 6.07) is 0. The quantitative estimate of drug-likeness (QED) is 0.651. The van der Waals surface area contributed by atoms with E-state index in [1.54, 1.807) is 0 Å². The Bertz CT molecular complexity index is 211. The Morgan fingerprint density at radius 3 is 2.19 bits per heavy atom. The minimum absolute atomic E-state index is 0.994. The van der Waals surface area contributed by atoms with Gasteiger partial charge in [-0.05, 0) is 25.8 Å². The van der Waals surface area contributed by atoms with Gasteiger partial charge in [0.25, 0.3) is 0 Å². The fourth-order valence-corrected chi connectivity index (χ4v) is 3.37. The van der Waals surface area contributed by atoms with Crippen molar-refractivity contribution >= 4 is 0 Å². The lowest BCUT2D eigenvalue weighted by Gasteiger charge is -2.43. The normalized spacial score (nSPS) is 36.2. The highest BCUT2D eigenvalue weighted by molar-refractivity contribution is 4.71. The van der Waals surface area contributed by atoms with Crippen molar-refractivity contribution in [3.8, 4) is 0 Å². The number of hydrogen-bond donors (Lipinski definition) is 0. The standard InChI is InChI=1S/C14H29N2/c1-13-4-6-14(7-5-13)12-16(3)10-8-15(2)9-11-16/h13-14H,4-12H2,1-3H3/q+1. The van der Waals surface area contributed by atoms with Crippen LogP contribution >= 0.6 is 0 Å². The molecule has 0 spiro atoms. The van der Waals surface area contributed by atoms with Gasteiger partial charge in [-0.15, -0.1) is 0 Å². The van der Waals surface area contributed by atoms with Crippen LogP contribution in [0.1, 0.15) is 32.6 Å². The van der Waals surface area contributed by atoms with Crippen LogP contribution in [0.3, 0.4) is 0 Å². The first-order valence-corrected chi connectivity index (χ1v) is 7.09. The maximum Gasteiger partial charge on any atom is 0.0914 e. The molecule has 0 unspecified atom stereocenters. The maximum absolute atomic E-state index is 2.48. The van der Waals surface area contributed by atoms with Crippen molar-refractivity contribution in [3.63, 3.8) is 0 Å². The van der Waals surface area contributed by atoms with Crippen LogP contribution in [0.2, 0.25) is 0 Å². The van der Waals surface area contributed by atoms with Crippen LogP contribution < -0.4 is 0 Å². The molecule has 94 valence electrons. The lowest BCUT2D eigenvalue weighted by atomic mass is 9.82. The van der Waals surface area contributed by atoms with Gasteiger partial charge in [-0.1, -0.05) is 19.8 Å². The lowest BCUT2D eigenvalue weighted by molar-refractivity contribution is -0.916. The Balaban J connectivity index is 1.80. The van der Waals surface area contributed by atoms with E-state index in [1.807, 2.05) is 0 Å². The van der Waals surface area contributed by atoms with Crippen LogP contribution in [0.15, 0.2) is 0 Å². The van der Waals surface area contributed by atoms with E-state index in [4.69, 9.17) is 0 Å². The second-order valence-electron chi connectivity index (χ2n) is 6.68. The van der Waals surface area contributed by atoms with Gasteiger partial charge in [0.15, 0.2) is 0 Å². The van der Waals surface area contributed by atoms with Crippen molar-refractivity contribution in [1.82, 2.24) is 4.90 Å². The first-order chi connectivity index (χ1) is 7.57. The van der Waals surface area contributed by atoms with Crippen molar-refractivity contribution in [3.05, 3.63) is 0 Å². The molecular weight excluding hydrogens is 196 g/mol. The summed E-state index contributed by atoms with van der Waals surface area (Å²) < 4.78 is 1.34. The fourth-order valence-electron chi connectivity index (χ4n) is 3.37. The molecule has 2 nitrogen and oxygen atoms in total. The van der Waals surface area contributed by atoms with Crippen molar-refractivity contribution in [2.45, 2.75) is 32.6 Å². The van der Waals surface area contributed by atoms with Crippen molar-refractivity contribution in [1.29, 1.82) is 0 Å². The Labute approximate surface area is 101 Å². The summed E-state index contributed by atoms with van der Waals surface area (Å²) in [5.41, 5.74) is 0. The summed E-state index contributed by atoms with van der Waals surface area (Å²) in [6.45, 7) is 9.17. The van der Waals surface area contributed by atoms with Gasteiger partial charge >= 0.3 is 0 Å². The molecule has 2 aliphatic rings. The summed E-state index contributed by atoms with van der Waals surface area (Å²) in [5.74, 6) is 2.01. The predicted octanol–water partition coefficient (Wildman–Crippen LogP) is 2.20. The molecule has 0 bridgehead atoms. The molecule has 2 rings (SSSR count). The Morgan fingerprint density at radius 2 is 1.62 bits per heavy atom. The van der Waals surface area contributed by atoms with E-state index in [9.17, 15) is 0 Å². The number of piperazine rings is 1. The number of rotatable bonds is 2. The molecular formula is C14H29N2+. The van der Waals surface area contributed by atoms with Gasteiger partial charge in [0.2, 0.25) is 0 Å². The predicted molar refractivity (Wildman–Crippen MR) is 69.4 cm³/mol. The van der Waals surface area contributed by atoms with E-state index < -0.39 is 0 Å². The molecule has 2 fully saturated rings. The van der Waals surface area contributed by atoms with Crippen LogP contribution in [0.5, 0.6) is 0 Å². The summed E-state index contributed by atoms with van der Waals surface area (Å²) >= 11 is 0. The number of likely N-dealkylation sites (N-methyl/N-ethyl adjacent to an activating group) is 2. The third kappa shape index (κ3) is 3.21. The van der Waals surface area contributed by atoms with E-state index in [0.717, 1.165) is 11.8 Å². The Morgan fingerprint density at radius 1 is 1.06 bits per heavy atom. The molecule has 0 radical (unpaired) electrons. The van der Waals surface area contributed by atoms with Crippen molar-refractivity contribution in [2.75, 3.05) is 46.8 Å². The zero-order chi connectivity index (χ0) is 11.6. The second kappa shape index (κ2) is 5.05. The summed E-state index contributed by atoms with van der Waals surface area (Å²) in [4.78, 5) is 2.48. The average molecular weight is 225 g/mol. The van der Waals surface area contributed by atoms with E-state index >= 15 is 0 Å². The first-order valence-electron chi connectivity index (χ1n) is 7.09. The minimum Gasteiger partial charge on any atom is -0.324 e. The molecule has 2 heteroatoms. The number of hydrogen-bond acceptors (Lipinski definition) is 1. The van der Waals surface area contributed by atoms with Crippen LogP contribution in [0.4, 0.5) is 0 Å². The second-order valence-corrected chi connectivity index (χ2v) is 6.68. The van der Waals surface area contributed by atoms with Crippen LogP contribution in [-0.4, -0.2) is 56.2 Å². The van der Waals surface area contributed by atoms with Crippen molar-refractivity contribution < 1.29 is 4.48 Å². The summed E-state index contributed by atoms with van der Waals surface area (Å²) in [5, 5.41) is 0. The van der Waals surface area contributed by atoms with Gasteiger partial charge in [0.05, 0.1) is 26.7 Å². The zero-order valence-electron chi connectivity index (χ0n) is 11.4. The first kappa shape index (κ1) is 12.4. The highest BCUT2D eigenvalue weighted by atomic mass is 15.4. The zero-order valence-corrected chi connectivity index (χ0v) is 11.4. The van der Waals surface area contributed by atoms with Crippen LogP contribution in [0.25, 0.3) is 0 Å². The molecule has 0 aromatic heterocycles. The van der Waals surface area contributed by atoms with Gasteiger partial charge in [0, 0.05) is 19.0 Å². The SMILES string of the molecule is CC1CCC(C[N+]2(C)CCN(C)CC2)CC1. The highest BCUT2D eigenvalue weighted by Gasteiger charge is 2.31. The van der Waals surface area contributed by atoms with Gasteiger partial charge in [0.1, 0.15) is 0 Å². The highest BCUT2D eigenvalue weighted by Crippen LogP contribution is 2.30. The van der Waals surface area contributed by atoms with Gasteiger partial charge in [-0.25, -0.2) is 0 Å². The van der Waals surface area contributed by atoms with Crippen LogP contribution in [0, 0.1) is 11.8 Å². The van der Waals surface area contributed by atoms with Gasteiger partial charge < -0.3 is 4.48 Å². The van der Waals surface area contributed by atoms with Gasteiger partial charge in [-0.2, -0.15) is 0 Å². The van der Waals surface area contributed by atoms with Gasteiger partial charge in [-0.3, -0.25) is 4.90 Å². The van der Waals surface area contributed by atoms with E-state index in [-0.39, 0.29) is 0 Å². The van der Waals surface area contributed by atoms with E-state index in [1.165, 1.54) is 62.9 Å². The smallest absolute Gasteiger partial charge is 0.0914 e. The Hall–Kier alpha value is -0.0800. The molecule has 0 atom stereocenters. The van der Waals surface area contributed by atoms with E-state index in [0.29, 0.717) is 0 Å². The molecule has 1 saturated heterocycles. The van der Waals surface area contributed by atoms with Crippen molar-refractivity contribution in [2.24, 2.45) is 11.8 Å². The van der Waals surface area contributed by atoms with Crippen LogP contribution in [-0.2, 0) is 0 Å². The lowest BCUT2D eigenvalue weighted by Crippen LogP contribution is -2.58. The molecule has 16 heavy (non-hydrogen) atoms. The number of nitrogens with zero attached hydrogens (tertiary/aromatic N) is 2. The summed E-state index contributed by atoms with van der Waals surface area (Å²) in [7, 11) is 4.73. The summed E-state index contributed by atoms with van der Waals surface area (Å²) in [6.07, 6.45) is 5.94. The maximum atomic E-state index is 2.48. The molecule has 0 aromatic rings. The number of quaternary nitrogens is 1. The largest absolute Gasteiger partial charge is 0.324 e. The Kier molecular flexibility index (Phi) is 3.91. The molecule has 1 saturated carbocycles. The minimum atomic E-state index is 0.994. The molecule has 0 aromatic carbocycles. The monoisotopic (exact) mass is 225 g/mol. The fraction of sp³-hybridized carbons (Fsp3) is 1.00.